The number of fused-ring (bicyclic) bond motifs is 1. The van der Waals surface area contributed by atoms with Crippen LogP contribution in [-0.2, 0) is 27.7 Å². The van der Waals surface area contributed by atoms with Crippen LogP contribution in [0.1, 0.15) is 22.6 Å². The highest BCUT2D eigenvalue weighted by Gasteiger charge is 2.16. The summed E-state index contributed by atoms with van der Waals surface area (Å²) >= 11 is 0. The summed E-state index contributed by atoms with van der Waals surface area (Å²) in [6.45, 7) is 0. The maximum absolute atomic E-state index is 11.6. The van der Waals surface area contributed by atoms with Crippen LogP contribution < -0.4 is 5.73 Å². The number of nitrogens with zero attached hydrogens (tertiary/aromatic N) is 2. The number of rotatable bonds is 4. The molecule has 7 heteroatoms. The van der Waals surface area contributed by atoms with Crippen molar-refractivity contribution in [2.75, 3.05) is 20.0 Å². The molecule has 0 radical (unpaired) electrons. The predicted octanol–water partition coefficient (Wildman–Crippen LogP) is 1.05. The highest BCUT2D eigenvalue weighted by molar-refractivity contribution is 5.99. The Kier molecular flexibility index (Phi) is 4.11. The minimum Gasteiger partial charge on any atom is -0.469 e. The molecule has 1 heterocycles. The molecule has 1 aromatic heterocycles. The number of esters is 2. The summed E-state index contributed by atoms with van der Waals surface area (Å²) < 4.78 is 11.1. The SMILES string of the molecule is COC(=O)CCc1nc2cc(C(=O)OC)c(N)cc2n1C. The van der Waals surface area contributed by atoms with E-state index in [1.165, 1.54) is 14.2 Å². The van der Waals surface area contributed by atoms with Crippen molar-refractivity contribution >= 4 is 28.7 Å². The van der Waals surface area contributed by atoms with Crippen molar-refractivity contribution in [2.24, 2.45) is 7.05 Å². The van der Waals surface area contributed by atoms with E-state index in [0.29, 0.717) is 17.6 Å². The van der Waals surface area contributed by atoms with Crippen LogP contribution in [-0.4, -0.2) is 35.7 Å². The Balaban J connectivity index is 2.41. The van der Waals surface area contributed by atoms with Crippen molar-refractivity contribution in [1.82, 2.24) is 9.55 Å². The van der Waals surface area contributed by atoms with Crippen molar-refractivity contribution in [2.45, 2.75) is 12.8 Å². The van der Waals surface area contributed by atoms with Gasteiger partial charge in [0.15, 0.2) is 0 Å². The fourth-order valence-electron chi connectivity index (χ4n) is 2.13. The summed E-state index contributed by atoms with van der Waals surface area (Å²) in [6, 6.07) is 3.27. The van der Waals surface area contributed by atoms with E-state index in [1.54, 1.807) is 12.1 Å². The highest BCUT2D eigenvalue weighted by Crippen LogP contribution is 2.23. The normalized spacial score (nSPS) is 10.6. The summed E-state index contributed by atoms with van der Waals surface area (Å²) in [4.78, 5) is 27.3. The number of carbonyl (C=O) groups excluding carboxylic acids is 2. The van der Waals surface area contributed by atoms with Crippen LogP contribution in [0.5, 0.6) is 0 Å². The van der Waals surface area contributed by atoms with Crippen LogP contribution in [0, 0.1) is 0 Å². The second-order valence-corrected chi connectivity index (χ2v) is 4.58. The smallest absolute Gasteiger partial charge is 0.340 e. The monoisotopic (exact) mass is 291 g/mol. The van der Waals surface area contributed by atoms with Gasteiger partial charge in [-0.25, -0.2) is 9.78 Å². The Morgan fingerprint density at radius 3 is 2.62 bits per heavy atom. The Bertz CT molecular complexity index is 706. The lowest BCUT2D eigenvalue weighted by Crippen LogP contribution is -2.06. The maximum Gasteiger partial charge on any atom is 0.340 e. The first kappa shape index (κ1) is 14.8. The maximum atomic E-state index is 11.6. The molecule has 0 amide bonds. The molecule has 2 rings (SSSR count). The molecule has 0 aliphatic heterocycles. The van der Waals surface area contributed by atoms with Gasteiger partial charge in [0, 0.05) is 19.2 Å². The number of aromatic nitrogens is 2. The molecule has 112 valence electrons. The molecule has 0 saturated carbocycles. The van der Waals surface area contributed by atoms with E-state index in [9.17, 15) is 9.59 Å². The summed E-state index contributed by atoms with van der Waals surface area (Å²) in [5.41, 5.74) is 7.90. The van der Waals surface area contributed by atoms with Gasteiger partial charge >= 0.3 is 11.9 Å². The number of benzene rings is 1. The lowest BCUT2D eigenvalue weighted by molar-refractivity contribution is -0.140. The van der Waals surface area contributed by atoms with Gasteiger partial charge in [-0.1, -0.05) is 0 Å². The number of methoxy groups -OCH3 is 2. The molecular formula is C14H17N3O4. The second kappa shape index (κ2) is 5.82. The number of nitrogen functional groups attached to an aromatic ring is 1. The third-order valence-electron chi connectivity index (χ3n) is 3.33. The molecule has 0 bridgehead atoms. The number of ether oxygens (including phenoxy) is 2. The predicted molar refractivity (Wildman–Crippen MR) is 76.8 cm³/mol. The molecular weight excluding hydrogens is 274 g/mol. The zero-order valence-corrected chi connectivity index (χ0v) is 12.2. The molecule has 0 atom stereocenters. The summed E-state index contributed by atoms with van der Waals surface area (Å²) in [6.07, 6.45) is 0.693. The van der Waals surface area contributed by atoms with Gasteiger partial charge in [0.1, 0.15) is 5.82 Å². The zero-order chi connectivity index (χ0) is 15.6. The Labute approximate surface area is 121 Å². The van der Waals surface area contributed by atoms with Crippen LogP contribution in [0.3, 0.4) is 0 Å². The topological polar surface area (TPSA) is 96.4 Å². The minimum atomic E-state index is -0.504. The molecule has 2 N–H and O–H groups in total. The number of aryl methyl sites for hydroxylation is 2. The minimum absolute atomic E-state index is 0.243. The van der Waals surface area contributed by atoms with Gasteiger partial charge in [0.05, 0.1) is 37.2 Å². The molecule has 0 saturated heterocycles. The van der Waals surface area contributed by atoms with Gasteiger partial charge in [0.25, 0.3) is 0 Å². The van der Waals surface area contributed by atoms with Gasteiger partial charge in [-0.3, -0.25) is 4.79 Å². The number of hydrogen-bond donors (Lipinski definition) is 1. The molecule has 1 aromatic carbocycles. The molecule has 7 nitrogen and oxygen atoms in total. The van der Waals surface area contributed by atoms with Gasteiger partial charge < -0.3 is 19.8 Å². The van der Waals surface area contributed by atoms with Crippen molar-refractivity contribution in [3.8, 4) is 0 Å². The first-order chi connectivity index (χ1) is 9.97. The third-order valence-corrected chi connectivity index (χ3v) is 3.33. The van der Waals surface area contributed by atoms with Gasteiger partial charge in [0.2, 0.25) is 0 Å². The van der Waals surface area contributed by atoms with Crippen molar-refractivity contribution in [3.05, 3.63) is 23.5 Å². The van der Waals surface area contributed by atoms with E-state index in [0.717, 1.165) is 11.3 Å². The fraction of sp³-hybridized carbons (Fsp3) is 0.357. The van der Waals surface area contributed by atoms with Crippen molar-refractivity contribution in [3.63, 3.8) is 0 Å². The molecule has 21 heavy (non-hydrogen) atoms. The number of imidazole rings is 1. The number of hydrogen-bond acceptors (Lipinski definition) is 6. The van der Waals surface area contributed by atoms with Crippen LogP contribution in [0.15, 0.2) is 12.1 Å². The van der Waals surface area contributed by atoms with E-state index in [1.807, 2.05) is 11.6 Å². The van der Waals surface area contributed by atoms with Crippen molar-refractivity contribution in [1.29, 1.82) is 0 Å². The largest absolute Gasteiger partial charge is 0.469 e. The average Bonchev–Trinajstić information content (AvgIpc) is 2.79. The van der Waals surface area contributed by atoms with Crippen LogP contribution in [0.4, 0.5) is 5.69 Å². The number of nitrogens with two attached hydrogens (primary N) is 1. The third kappa shape index (κ3) is 2.81. The zero-order valence-electron chi connectivity index (χ0n) is 12.2. The van der Waals surface area contributed by atoms with Crippen molar-refractivity contribution < 1.29 is 19.1 Å². The van der Waals surface area contributed by atoms with E-state index in [-0.39, 0.29) is 18.0 Å². The van der Waals surface area contributed by atoms with E-state index in [4.69, 9.17) is 5.73 Å². The van der Waals surface area contributed by atoms with Crippen LogP contribution in [0.2, 0.25) is 0 Å². The number of carbonyl (C=O) groups is 2. The van der Waals surface area contributed by atoms with E-state index < -0.39 is 5.97 Å². The summed E-state index contributed by atoms with van der Waals surface area (Å²) in [5.74, 6) is -0.0789. The van der Waals surface area contributed by atoms with Crippen LogP contribution >= 0.6 is 0 Å². The van der Waals surface area contributed by atoms with Gasteiger partial charge in [-0.05, 0) is 12.1 Å². The molecule has 0 aliphatic rings. The van der Waals surface area contributed by atoms with Crippen LogP contribution in [0.25, 0.3) is 11.0 Å². The van der Waals surface area contributed by atoms with Gasteiger partial charge in [-0.2, -0.15) is 0 Å². The summed E-state index contributed by atoms with van der Waals surface area (Å²) in [5, 5.41) is 0. The number of anilines is 1. The molecule has 2 aromatic rings. The molecule has 0 unspecified atom stereocenters. The molecule has 0 aliphatic carbocycles. The highest BCUT2D eigenvalue weighted by atomic mass is 16.5. The lowest BCUT2D eigenvalue weighted by Gasteiger charge is -2.04. The Morgan fingerprint density at radius 1 is 1.29 bits per heavy atom. The van der Waals surface area contributed by atoms with E-state index in [2.05, 4.69) is 14.5 Å². The lowest BCUT2D eigenvalue weighted by atomic mass is 10.1. The first-order valence-corrected chi connectivity index (χ1v) is 6.38. The Hall–Kier alpha value is -2.57. The average molecular weight is 291 g/mol. The fourth-order valence-corrected chi connectivity index (χ4v) is 2.13. The van der Waals surface area contributed by atoms with E-state index >= 15 is 0 Å². The van der Waals surface area contributed by atoms with Gasteiger partial charge in [-0.15, -0.1) is 0 Å². The standard InChI is InChI=1S/C14H17N3O4/c1-17-11-7-9(15)8(14(19)21-3)6-10(11)16-12(17)4-5-13(18)20-2/h6-7H,4-5,15H2,1-3H3. The Morgan fingerprint density at radius 2 is 2.00 bits per heavy atom. The second-order valence-electron chi connectivity index (χ2n) is 4.58. The molecule has 0 spiro atoms. The molecule has 0 fully saturated rings. The summed E-state index contributed by atoms with van der Waals surface area (Å²) in [7, 11) is 4.48. The quantitative estimate of drug-likeness (QED) is 0.668. The first-order valence-electron chi connectivity index (χ1n) is 6.38.